The fourth-order valence-electron chi connectivity index (χ4n) is 4.19. The molecule has 42 heavy (non-hydrogen) atoms. The van der Waals surface area contributed by atoms with E-state index in [1.807, 2.05) is 39.0 Å². The minimum Gasteiger partial charge on any atom is -0.490 e. The van der Waals surface area contributed by atoms with E-state index in [4.69, 9.17) is 32.6 Å². The van der Waals surface area contributed by atoms with E-state index >= 15 is 0 Å². The molecule has 0 saturated heterocycles. The Labute approximate surface area is 253 Å². The first-order chi connectivity index (χ1) is 20.4. The average Bonchev–Trinajstić information content (AvgIpc) is 2.96. The van der Waals surface area contributed by atoms with Crippen LogP contribution in [0.5, 0.6) is 11.5 Å². The summed E-state index contributed by atoms with van der Waals surface area (Å²) in [6, 6.07) is 6.38. The molecule has 0 aliphatic rings. The summed E-state index contributed by atoms with van der Waals surface area (Å²) in [5, 5.41) is 11.6. The van der Waals surface area contributed by atoms with Crippen molar-refractivity contribution < 1.29 is 42.2 Å². The third kappa shape index (κ3) is 17.4. The molecule has 1 rings (SSSR count). The van der Waals surface area contributed by atoms with E-state index in [-0.39, 0.29) is 0 Å². The van der Waals surface area contributed by atoms with Crippen LogP contribution in [0.1, 0.15) is 84.6 Å². The second-order valence-corrected chi connectivity index (χ2v) is 12.4. The number of rotatable bonds is 26. The predicted octanol–water partition coefficient (Wildman–Crippen LogP) is 6.54. The van der Waals surface area contributed by atoms with Gasteiger partial charge in [-0.05, 0) is 83.4 Å². The number of carbonyl (C=O) groups excluding carboxylic acids is 1. The number of alkyl carbamates (subject to hydrolysis) is 1. The van der Waals surface area contributed by atoms with Gasteiger partial charge < -0.3 is 37.9 Å². The van der Waals surface area contributed by atoms with Crippen LogP contribution in [0.4, 0.5) is 4.79 Å². The van der Waals surface area contributed by atoms with Gasteiger partial charge in [-0.1, -0.05) is 31.9 Å². The third-order valence-electron chi connectivity index (χ3n) is 6.18. The van der Waals surface area contributed by atoms with Crippen LogP contribution in [-0.4, -0.2) is 72.2 Å². The number of carboxylic acid groups (broad SMARTS) is 1. The third-order valence-corrected chi connectivity index (χ3v) is 9.33. The van der Waals surface area contributed by atoms with Crippen LogP contribution >= 0.6 is 0 Å². The maximum absolute atomic E-state index is 12.0. The quantitative estimate of drug-likeness (QED) is 0.0683. The minimum absolute atomic E-state index is 0.371. The van der Waals surface area contributed by atoms with Crippen LogP contribution in [0.15, 0.2) is 30.4 Å². The topological polar surface area (TPSA) is 122 Å². The lowest BCUT2D eigenvalue weighted by Crippen LogP contribution is -2.46. The number of nitrogens with one attached hydrogen (secondary N) is 1. The van der Waals surface area contributed by atoms with Crippen molar-refractivity contribution in [2.75, 3.05) is 46.2 Å². The Kier molecular flexibility index (Phi) is 21.3. The number of allylic oxidation sites excluding steroid dienone is 1. The summed E-state index contributed by atoms with van der Waals surface area (Å²) in [5.41, 5.74) is 0.964. The maximum atomic E-state index is 12.0. The van der Waals surface area contributed by atoms with E-state index < -0.39 is 20.9 Å². The molecule has 0 aliphatic heterocycles. The SMILES string of the molecule is CCCCCOc1cc(CC=CC(=O)O)ccc1OCCCCCCOC(=O)NCCC[Si](OCC)(OCC)OCC. The molecule has 1 aromatic carbocycles. The molecule has 0 spiro atoms. The van der Waals surface area contributed by atoms with Gasteiger partial charge in [-0.25, -0.2) is 9.59 Å². The molecular weight excluding hydrogens is 558 g/mol. The second kappa shape index (κ2) is 23.9. The van der Waals surface area contributed by atoms with Gasteiger partial charge in [-0.15, -0.1) is 0 Å². The Balaban J connectivity index is 2.30. The van der Waals surface area contributed by atoms with Crippen LogP contribution in [0, 0.1) is 0 Å². The number of aliphatic carboxylic acids is 1. The average molecular weight is 612 g/mol. The number of hydrogen-bond acceptors (Lipinski definition) is 8. The summed E-state index contributed by atoms with van der Waals surface area (Å²) in [6.45, 7) is 11.5. The molecule has 0 radical (unpaired) electrons. The van der Waals surface area contributed by atoms with Crippen molar-refractivity contribution in [1.82, 2.24) is 5.32 Å². The minimum atomic E-state index is -2.69. The lowest BCUT2D eigenvalue weighted by molar-refractivity contribution is -0.131. The Hall–Kier alpha value is -2.60. The number of benzene rings is 1. The summed E-state index contributed by atoms with van der Waals surface area (Å²) < 4.78 is 34.8. The fraction of sp³-hybridized carbons (Fsp3) is 0.677. The molecular formula is C31H53NO9Si. The molecule has 0 heterocycles. The molecule has 0 aromatic heterocycles. The molecule has 0 bridgehead atoms. The Morgan fingerprint density at radius 3 is 2.05 bits per heavy atom. The lowest BCUT2D eigenvalue weighted by atomic mass is 10.1. The number of ether oxygens (including phenoxy) is 3. The Bertz CT molecular complexity index is 880. The zero-order chi connectivity index (χ0) is 30.9. The molecule has 240 valence electrons. The highest BCUT2D eigenvalue weighted by Gasteiger charge is 2.39. The van der Waals surface area contributed by atoms with E-state index in [2.05, 4.69) is 12.2 Å². The molecule has 10 nitrogen and oxygen atoms in total. The predicted molar refractivity (Wildman–Crippen MR) is 165 cm³/mol. The van der Waals surface area contributed by atoms with Crippen molar-refractivity contribution in [3.05, 3.63) is 35.9 Å². The standard InChI is InChI=1S/C31H53NO9Si/c1-5-9-12-22-37-29-26-27(17-15-18-30(33)34)19-20-28(29)36-23-13-10-11-14-24-38-31(35)32-21-16-25-42(39-6-2,40-7-3)41-8-4/h15,18-20,26H,5-14,16-17,21-25H2,1-4H3,(H,32,35)(H,33,34). The van der Waals surface area contributed by atoms with E-state index in [0.29, 0.717) is 76.6 Å². The number of carbonyl (C=O) groups is 2. The van der Waals surface area contributed by atoms with Gasteiger partial charge in [0, 0.05) is 38.5 Å². The van der Waals surface area contributed by atoms with E-state index in [9.17, 15) is 9.59 Å². The fourth-order valence-corrected chi connectivity index (χ4v) is 6.81. The molecule has 1 aromatic rings. The molecule has 0 unspecified atom stereocenters. The summed E-state index contributed by atoms with van der Waals surface area (Å²) in [6.07, 6.45) is 10.3. The Morgan fingerprint density at radius 2 is 1.43 bits per heavy atom. The molecule has 0 atom stereocenters. The van der Waals surface area contributed by atoms with Gasteiger partial charge >= 0.3 is 20.9 Å². The van der Waals surface area contributed by atoms with Gasteiger partial charge in [0.25, 0.3) is 0 Å². The van der Waals surface area contributed by atoms with Gasteiger partial charge in [0.2, 0.25) is 0 Å². The van der Waals surface area contributed by atoms with Gasteiger partial charge in [0.15, 0.2) is 11.5 Å². The highest BCUT2D eigenvalue weighted by molar-refractivity contribution is 6.60. The summed E-state index contributed by atoms with van der Waals surface area (Å²) in [4.78, 5) is 22.7. The maximum Gasteiger partial charge on any atom is 0.500 e. The number of amides is 1. The van der Waals surface area contributed by atoms with Crippen LogP contribution in [0.2, 0.25) is 6.04 Å². The zero-order valence-corrected chi connectivity index (χ0v) is 27.1. The molecule has 0 saturated carbocycles. The highest BCUT2D eigenvalue weighted by Crippen LogP contribution is 2.29. The summed E-state index contributed by atoms with van der Waals surface area (Å²) in [7, 11) is -2.69. The van der Waals surface area contributed by atoms with Gasteiger partial charge in [-0.3, -0.25) is 0 Å². The largest absolute Gasteiger partial charge is 0.500 e. The summed E-state index contributed by atoms with van der Waals surface area (Å²) >= 11 is 0. The number of hydrogen-bond donors (Lipinski definition) is 2. The van der Waals surface area contributed by atoms with Crippen LogP contribution < -0.4 is 14.8 Å². The first-order valence-corrected chi connectivity index (χ1v) is 17.4. The van der Waals surface area contributed by atoms with E-state index in [1.165, 1.54) is 0 Å². The Morgan fingerprint density at radius 1 is 0.810 bits per heavy atom. The van der Waals surface area contributed by atoms with E-state index in [1.54, 1.807) is 6.08 Å². The van der Waals surface area contributed by atoms with Crippen LogP contribution in [-0.2, 0) is 29.2 Å². The molecule has 1 amide bonds. The summed E-state index contributed by atoms with van der Waals surface area (Å²) in [5.74, 6) is 0.424. The van der Waals surface area contributed by atoms with Crippen molar-refractivity contribution in [3.63, 3.8) is 0 Å². The van der Waals surface area contributed by atoms with Crippen LogP contribution in [0.3, 0.4) is 0 Å². The van der Waals surface area contributed by atoms with Crippen molar-refractivity contribution >= 4 is 20.9 Å². The van der Waals surface area contributed by atoms with Gasteiger partial charge in [0.1, 0.15) is 0 Å². The first kappa shape index (κ1) is 37.4. The molecule has 11 heteroatoms. The first-order valence-electron chi connectivity index (χ1n) is 15.5. The van der Waals surface area contributed by atoms with Crippen LogP contribution in [0.25, 0.3) is 0 Å². The van der Waals surface area contributed by atoms with Crippen molar-refractivity contribution in [3.8, 4) is 11.5 Å². The van der Waals surface area contributed by atoms with E-state index in [0.717, 1.165) is 56.6 Å². The normalized spacial score (nSPS) is 11.5. The molecule has 0 fully saturated rings. The van der Waals surface area contributed by atoms with Crippen molar-refractivity contribution in [2.24, 2.45) is 0 Å². The number of carboxylic acids is 1. The molecule has 0 aliphatic carbocycles. The second-order valence-electron chi connectivity index (χ2n) is 9.69. The van der Waals surface area contributed by atoms with Crippen molar-refractivity contribution in [1.29, 1.82) is 0 Å². The zero-order valence-electron chi connectivity index (χ0n) is 26.1. The molecule has 2 N–H and O–H groups in total. The van der Waals surface area contributed by atoms with Gasteiger partial charge in [0.05, 0.1) is 19.8 Å². The smallest absolute Gasteiger partial charge is 0.490 e. The lowest BCUT2D eigenvalue weighted by Gasteiger charge is -2.28. The van der Waals surface area contributed by atoms with Crippen molar-refractivity contribution in [2.45, 2.75) is 91.5 Å². The van der Waals surface area contributed by atoms with Gasteiger partial charge in [-0.2, -0.15) is 0 Å². The number of unbranched alkanes of at least 4 members (excludes halogenated alkanes) is 5. The highest BCUT2D eigenvalue weighted by atomic mass is 28.4. The monoisotopic (exact) mass is 611 g/mol.